The number of hydrogen-bond donors (Lipinski definition) is 1. The number of amides is 2. The van der Waals surface area contributed by atoms with Gasteiger partial charge < -0.3 is 19.7 Å². The molecule has 8 heteroatoms. The first-order chi connectivity index (χ1) is 12.0. The topological polar surface area (TPSA) is 84.9 Å². The number of sulfone groups is 1. The Hall–Kier alpha value is -1.96. The van der Waals surface area contributed by atoms with E-state index in [1.807, 2.05) is 25.1 Å². The lowest BCUT2D eigenvalue weighted by molar-refractivity contribution is 0.171. The minimum Gasteiger partial charge on any atom is -0.486 e. The molecular formula is C17H24N2O5S. The Kier molecular flexibility index (Phi) is 5.36. The van der Waals surface area contributed by atoms with Crippen LogP contribution in [-0.4, -0.2) is 63.2 Å². The summed E-state index contributed by atoms with van der Waals surface area (Å²) >= 11 is 0. The number of hydrogen-bond acceptors (Lipinski definition) is 5. The molecule has 0 saturated carbocycles. The van der Waals surface area contributed by atoms with Gasteiger partial charge in [-0.3, -0.25) is 0 Å². The number of benzene rings is 1. The molecule has 1 fully saturated rings. The summed E-state index contributed by atoms with van der Waals surface area (Å²) in [5.41, 5.74) is 1.05. The fourth-order valence-electron chi connectivity index (χ4n) is 3.25. The highest BCUT2D eigenvalue weighted by Crippen LogP contribution is 2.30. The van der Waals surface area contributed by atoms with Gasteiger partial charge in [-0.2, -0.15) is 0 Å². The van der Waals surface area contributed by atoms with Crippen molar-refractivity contribution >= 4 is 15.9 Å². The standard InChI is InChI=1S/C17H24N2O5S/c1-2-19(14-6-10-25(21,22)12-14)17(20)18-7-5-13-3-4-15-16(11-13)24-9-8-23-15/h3-4,11,14H,2,5-10,12H2,1H3,(H,18,20). The van der Waals surface area contributed by atoms with Crippen LogP contribution >= 0.6 is 0 Å². The smallest absolute Gasteiger partial charge is 0.317 e. The molecule has 2 heterocycles. The van der Waals surface area contributed by atoms with Gasteiger partial charge in [-0.1, -0.05) is 6.07 Å². The number of nitrogens with one attached hydrogen (secondary N) is 1. The molecule has 1 unspecified atom stereocenters. The molecule has 0 radical (unpaired) electrons. The van der Waals surface area contributed by atoms with Crippen molar-refractivity contribution in [2.24, 2.45) is 0 Å². The van der Waals surface area contributed by atoms with Gasteiger partial charge in [0.05, 0.1) is 11.5 Å². The summed E-state index contributed by atoms with van der Waals surface area (Å²) in [5, 5.41) is 2.89. The predicted molar refractivity (Wildman–Crippen MR) is 94.0 cm³/mol. The molecule has 25 heavy (non-hydrogen) atoms. The summed E-state index contributed by atoms with van der Waals surface area (Å²) in [5.74, 6) is 1.72. The van der Waals surface area contributed by atoms with Crippen molar-refractivity contribution in [3.63, 3.8) is 0 Å². The van der Waals surface area contributed by atoms with E-state index in [0.717, 1.165) is 17.1 Å². The summed E-state index contributed by atoms with van der Waals surface area (Å²) < 4.78 is 34.3. The van der Waals surface area contributed by atoms with E-state index in [0.29, 0.717) is 39.1 Å². The molecule has 3 rings (SSSR count). The van der Waals surface area contributed by atoms with Crippen molar-refractivity contribution in [2.45, 2.75) is 25.8 Å². The lowest BCUT2D eigenvalue weighted by Gasteiger charge is -2.27. The second-order valence-corrected chi connectivity index (χ2v) is 8.53. The summed E-state index contributed by atoms with van der Waals surface area (Å²) in [7, 11) is -3.00. The van der Waals surface area contributed by atoms with Crippen LogP contribution in [0.5, 0.6) is 11.5 Å². The number of urea groups is 1. The van der Waals surface area contributed by atoms with Gasteiger partial charge in [-0.25, -0.2) is 13.2 Å². The van der Waals surface area contributed by atoms with Crippen LogP contribution in [-0.2, 0) is 16.3 Å². The number of fused-ring (bicyclic) bond motifs is 1. The van der Waals surface area contributed by atoms with Crippen LogP contribution in [0.4, 0.5) is 4.79 Å². The third-order valence-electron chi connectivity index (χ3n) is 4.55. The molecule has 0 aliphatic carbocycles. The van der Waals surface area contributed by atoms with E-state index in [1.54, 1.807) is 4.90 Å². The van der Waals surface area contributed by atoms with Crippen molar-refractivity contribution < 1.29 is 22.7 Å². The van der Waals surface area contributed by atoms with E-state index in [4.69, 9.17) is 9.47 Å². The van der Waals surface area contributed by atoms with Gasteiger partial charge in [0.25, 0.3) is 0 Å². The number of nitrogens with zero attached hydrogens (tertiary/aromatic N) is 1. The van der Waals surface area contributed by atoms with Gasteiger partial charge in [0.1, 0.15) is 13.2 Å². The van der Waals surface area contributed by atoms with Crippen molar-refractivity contribution in [2.75, 3.05) is 37.8 Å². The normalized spacial score (nSPS) is 20.9. The maximum Gasteiger partial charge on any atom is 0.317 e. The van der Waals surface area contributed by atoms with Crippen LogP contribution in [0.25, 0.3) is 0 Å². The number of carbonyl (C=O) groups excluding carboxylic acids is 1. The monoisotopic (exact) mass is 368 g/mol. The maximum absolute atomic E-state index is 12.4. The summed E-state index contributed by atoms with van der Waals surface area (Å²) in [6.45, 7) is 3.95. The van der Waals surface area contributed by atoms with Crippen LogP contribution in [0.15, 0.2) is 18.2 Å². The Balaban J connectivity index is 1.51. The molecule has 138 valence electrons. The van der Waals surface area contributed by atoms with E-state index < -0.39 is 9.84 Å². The van der Waals surface area contributed by atoms with Crippen molar-refractivity contribution in [1.82, 2.24) is 10.2 Å². The van der Waals surface area contributed by atoms with Gasteiger partial charge in [0.2, 0.25) is 0 Å². The summed E-state index contributed by atoms with van der Waals surface area (Å²) in [4.78, 5) is 14.0. The minimum absolute atomic E-state index is 0.0659. The second-order valence-electron chi connectivity index (χ2n) is 6.30. The second kappa shape index (κ2) is 7.51. The van der Waals surface area contributed by atoms with Crippen molar-refractivity contribution in [1.29, 1.82) is 0 Å². The van der Waals surface area contributed by atoms with Gasteiger partial charge in [-0.15, -0.1) is 0 Å². The minimum atomic E-state index is -3.00. The van der Waals surface area contributed by atoms with Crippen molar-refractivity contribution in [3.8, 4) is 11.5 Å². The van der Waals surface area contributed by atoms with Gasteiger partial charge in [-0.05, 0) is 37.5 Å². The zero-order valence-corrected chi connectivity index (χ0v) is 15.2. The Bertz CT molecular complexity index is 735. The lowest BCUT2D eigenvalue weighted by Crippen LogP contribution is -2.47. The molecule has 1 aromatic carbocycles. The number of ether oxygens (including phenoxy) is 2. The van der Waals surface area contributed by atoms with Crippen LogP contribution in [0.1, 0.15) is 18.9 Å². The van der Waals surface area contributed by atoms with Crippen LogP contribution in [0.2, 0.25) is 0 Å². The van der Waals surface area contributed by atoms with E-state index in [1.165, 1.54) is 0 Å². The molecule has 1 aromatic rings. The SMILES string of the molecule is CCN(C(=O)NCCc1ccc2c(c1)OCCO2)C1CCS(=O)(=O)C1. The summed E-state index contributed by atoms with van der Waals surface area (Å²) in [6, 6.07) is 5.35. The highest BCUT2D eigenvalue weighted by molar-refractivity contribution is 7.91. The van der Waals surface area contributed by atoms with Gasteiger partial charge >= 0.3 is 6.03 Å². The Morgan fingerprint density at radius 1 is 1.28 bits per heavy atom. The lowest BCUT2D eigenvalue weighted by atomic mass is 10.1. The Morgan fingerprint density at radius 3 is 2.72 bits per heavy atom. The number of rotatable bonds is 5. The quantitative estimate of drug-likeness (QED) is 0.845. The molecule has 0 bridgehead atoms. The van der Waals surface area contributed by atoms with E-state index in [2.05, 4.69) is 5.32 Å². The molecule has 1 N–H and O–H groups in total. The van der Waals surface area contributed by atoms with E-state index in [9.17, 15) is 13.2 Å². The van der Waals surface area contributed by atoms with Crippen molar-refractivity contribution in [3.05, 3.63) is 23.8 Å². The average Bonchev–Trinajstić information content (AvgIpc) is 2.95. The summed E-state index contributed by atoms with van der Waals surface area (Å²) in [6.07, 6.45) is 1.19. The zero-order valence-electron chi connectivity index (χ0n) is 14.4. The first-order valence-electron chi connectivity index (χ1n) is 8.62. The van der Waals surface area contributed by atoms with Crippen LogP contribution < -0.4 is 14.8 Å². The highest BCUT2D eigenvalue weighted by Gasteiger charge is 2.33. The highest BCUT2D eigenvalue weighted by atomic mass is 32.2. The number of carbonyl (C=O) groups is 1. The molecule has 0 aromatic heterocycles. The largest absolute Gasteiger partial charge is 0.486 e. The molecular weight excluding hydrogens is 344 g/mol. The van der Waals surface area contributed by atoms with Crippen LogP contribution in [0.3, 0.4) is 0 Å². The van der Waals surface area contributed by atoms with E-state index in [-0.39, 0.29) is 23.6 Å². The molecule has 7 nitrogen and oxygen atoms in total. The van der Waals surface area contributed by atoms with Gasteiger partial charge in [0.15, 0.2) is 21.3 Å². The molecule has 1 atom stereocenters. The Morgan fingerprint density at radius 2 is 2.04 bits per heavy atom. The molecule has 2 amide bonds. The van der Waals surface area contributed by atoms with Crippen LogP contribution in [0, 0.1) is 0 Å². The zero-order chi connectivity index (χ0) is 17.9. The molecule has 0 spiro atoms. The average molecular weight is 368 g/mol. The predicted octanol–water partition coefficient (Wildman–Crippen LogP) is 1.22. The molecule has 1 saturated heterocycles. The fraction of sp³-hybridized carbons (Fsp3) is 0.588. The third kappa shape index (κ3) is 4.36. The van der Waals surface area contributed by atoms with E-state index >= 15 is 0 Å². The first kappa shape index (κ1) is 17.8. The third-order valence-corrected chi connectivity index (χ3v) is 6.30. The Labute approximate surface area is 148 Å². The molecule has 2 aliphatic rings. The maximum atomic E-state index is 12.4. The first-order valence-corrected chi connectivity index (χ1v) is 10.4. The molecule has 2 aliphatic heterocycles. The fourth-order valence-corrected chi connectivity index (χ4v) is 4.98. The van der Waals surface area contributed by atoms with Gasteiger partial charge in [0, 0.05) is 19.1 Å².